The zero-order chi connectivity index (χ0) is 18.1. The first-order chi connectivity index (χ1) is 12.4. The highest BCUT2D eigenvalue weighted by Gasteiger charge is 2.58. The van der Waals surface area contributed by atoms with Crippen molar-refractivity contribution in [3.8, 4) is 0 Å². The van der Waals surface area contributed by atoms with Crippen LogP contribution in [0.15, 0.2) is 0 Å². The average Bonchev–Trinajstić information content (AvgIpc) is 2.81. The molecule has 0 aromatic rings. The largest absolute Gasteiger partial charge is 0.325 e. The summed E-state index contributed by atoms with van der Waals surface area (Å²) in [4.78, 5) is 40.3. The fraction of sp³-hybridized carbons (Fsp3) is 0.857. The van der Waals surface area contributed by atoms with Crippen LogP contribution in [0, 0.1) is 29.1 Å². The van der Waals surface area contributed by atoms with Gasteiger partial charge in [0.05, 0.1) is 6.54 Å². The SMILES string of the molecule is C[C@H]1CCCC[C@@]12NC(=O)N(CC(=O)C13CC4CC(CC(C4)C1)C3)C2=O. The molecule has 0 unspecified atom stereocenters. The van der Waals surface area contributed by atoms with E-state index in [1.165, 1.54) is 24.2 Å². The summed E-state index contributed by atoms with van der Waals surface area (Å²) in [6, 6.07) is -0.346. The quantitative estimate of drug-likeness (QED) is 0.788. The van der Waals surface area contributed by atoms with E-state index >= 15 is 0 Å². The molecule has 26 heavy (non-hydrogen) atoms. The van der Waals surface area contributed by atoms with Crippen LogP contribution in [0.5, 0.6) is 0 Å². The molecule has 5 aliphatic carbocycles. The summed E-state index contributed by atoms with van der Waals surface area (Å²) < 4.78 is 0. The fourth-order valence-electron chi connectivity index (χ4n) is 7.40. The number of Topliss-reactive ketones (excluding diaryl/α,β-unsaturated/α-hetero) is 1. The normalized spacial score (nSPS) is 46.9. The maximum Gasteiger partial charge on any atom is 0.325 e. The topological polar surface area (TPSA) is 66.5 Å². The van der Waals surface area contributed by atoms with Crippen molar-refractivity contribution < 1.29 is 14.4 Å². The van der Waals surface area contributed by atoms with Gasteiger partial charge in [0, 0.05) is 5.41 Å². The van der Waals surface area contributed by atoms with Gasteiger partial charge in [0.1, 0.15) is 5.54 Å². The molecule has 6 aliphatic rings. The fourth-order valence-corrected chi connectivity index (χ4v) is 7.40. The van der Waals surface area contributed by atoms with E-state index < -0.39 is 5.54 Å². The lowest BCUT2D eigenvalue weighted by atomic mass is 9.48. The number of rotatable bonds is 3. The van der Waals surface area contributed by atoms with Crippen LogP contribution in [0.25, 0.3) is 0 Å². The van der Waals surface area contributed by atoms with Gasteiger partial charge in [0.25, 0.3) is 5.91 Å². The standard InChI is InChI=1S/C21H30N2O3/c1-13-4-2-3-5-21(13)18(25)23(19(26)22-21)12-17(24)20-9-14-6-15(10-20)8-16(7-14)11-20/h13-16H,2-12H2,1H3,(H,22,26)/t13-,14?,15?,16?,20?,21+/m0/s1. The van der Waals surface area contributed by atoms with Crippen molar-refractivity contribution in [2.24, 2.45) is 29.1 Å². The van der Waals surface area contributed by atoms with E-state index in [9.17, 15) is 14.4 Å². The molecule has 5 saturated carbocycles. The van der Waals surface area contributed by atoms with Crippen LogP contribution in [0.3, 0.4) is 0 Å². The summed E-state index contributed by atoms with van der Waals surface area (Å²) in [6.45, 7) is 2.05. The van der Waals surface area contributed by atoms with Crippen LogP contribution in [0.4, 0.5) is 4.79 Å². The summed E-state index contributed by atoms with van der Waals surface area (Å²) in [6.07, 6.45) is 10.6. The van der Waals surface area contributed by atoms with Crippen molar-refractivity contribution in [1.29, 1.82) is 0 Å². The lowest BCUT2D eigenvalue weighted by Gasteiger charge is -2.56. The van der Waals surface area contributed by atoms with Crippen molar-refractivity contribution in [3.63, 3.8) is 0 Å². The Hall–Kier alpha value is -1.39. The molecule has 1 spiro atoms. The van der Waals surface area contributed by atoms with E-state index in [1.807, 2.05) is 0 Å². The minimum Gasteiger partial charge on any atom is -0.323 e. The van der Waals surface area contributed by atoms with Crippen LogP contribution in [-0.2, 0) is 9.59 Å². The number of carbonyl (C=O) groups is 3. The zero-order valence-corrected chi connectivity index (χ0v) is 15.8. The molecule has 4 bridgehead atoms. The Labute approximate surface area is 155 Å². The van der Waals surface area contributed by atoms with Gasteiger partial charge < -0.3 is 5.32 Å². The number of hydrogen-bond donors (Lipinski definition) is 1. The van der Waals surface area contributed by atoms with Crippen molar-refractivity contribution in [2.45, 2.75) is 76.7 Å². The lowest BCUT2D eigenvalue weighted by molar-refractivity contribution is -0.148. The molecule has 142 valence electrons. The van der Waals surface area contributed by atoms with Crippen molar-refractivity contribution in [2.75, 3.05) is 6.54 Å². The number of urea groups is 1. The van der Waals surface area contributed by atoms with E-state index in [4.69, 9.17) is 0 Å². The lowest BCUT2D eigenvalue weighted by Crippen LogP contribution is -2.55. The summed E-state index contributed by atoms with van der Waals surface area (Å²) in [7, 11) is 0. The second-order valence-corrected chi connectivity index (χ2v) is 10.1. The van der Waals surface area contributed by atoms with Crippen molar-refractivity contribution in [1.82, 2.24) is 10.2 Å². The Morgan fingerprint density at radius 2 is 1.69 bits per heavy atom. The van der Waals surface area contributed by atoms with Crippen LogP contribution in [0.1, 0.15) is 71.1 Å². The van der Waals surface area contributed by atoms with Crippen molar-refractivity contribution in [3.05, 3.63) is 0 Å². The number of imide groups is 1. The highest BCUT2D eigenvalue weighted by Crippen LogP contribution is 2.60. The first-order valence-electron chi connectivity index (χ1n) is 10.6. The van der Waals surface area contributed by atoms with Gasteiger partial charge >= 0.3 is 6.03 Å². The van der Waals surface area contributed by atoms with Gasteiger partial charge in [-0.3, -0.25) is 14.5 Å². The van der Waals surface area contributed by atoms with Gasteiger partial charge in [-0.2, -0.15) is 0 Å². The summed E-state index contributed by atoms with van der Waals surface area (Å²) in [5, 5.41) is 2.98. The van der Waals surface area contributed by atoms with Gasteiger partial charge in [-0.1, -0.05) is 19.8 Å². The van der Waals surface area contributed by atoms with Gasteiger partial charge in [0.2, 0.25) is 0 Å². The van der Waals surface area contributed by atoms with E-state index in [0.29, 0.717) is 24.2 Å². The Morgan fingerprint density at radius 1 is 1.08 bits per heavy atom. The Morgan fingerprint density at radius 3 is 2.27 bits per heavy atom. The molecule has 1 saturated heterocycles. The number of ketones is 1. The molecule has 0 aromatic carbocycles. The van der Waals surface area contributed by atoms with Crippen LogP contribution < -0.4 is 5.32 Å². The van der Waals surface area contributed by atoms with Gasteiger partial charge in [0.15, 0.2) is 5.78 Å². The third-order valence-electron chi connectivity index (χ3n) is 8.43. The second-order valence-electron chi connectivity index (χ2n) is 10.1. The molecule has 6 fully saturated rings. The van der Waals surface area contributed by atoms with Crippen LogP contribution in [-0.4, -0.2) is 34.7 Å². The summed E-state index contributed by atoms with van der Waals surface area (Å²) >= 11 is 0. The molecule has 0 aromatic heterocycles. The van der Waals surface area contributed by atoms with E-state index in [-0.39, 0.29) is 35.6 Å². The minimum absolute atomic E-state index is 0.00863. The number of carbonyl (C=O) groups excluding carboxylic acids is 3. The Balaban J connectivity index is 1.36. The number of nitrogens with zero attached hydrogens (tertiary/aromatic N) is 1. The molecule has 6 rings (SSSR count). The highest BCUT2D eigenvalue weighted by atomic mass is 16.2. The number of nitrogens with one attached hydrogen (secondary N) is 1. The molecule has 2 atom stereocenters. The first kappa shape index (κ1) is 16.8. The van der Waals surface area contributed by atoms with Crippen molar-refractivity contribution >= 4 is 17.7 Å². The number of hydrogen-bond acceptors (Lipinski definition) is 3. The zero-order valence-electron chi connectivity index (χ0n) is 15.8. The first-order valence-corrected chi connectivity index (χ1v) is 10.6. The molecule has 5 heteroatoms. The molecule has 5 nitrogen and oxygen atoms in total. The summed E-state index contributed by atoms with van der Waals surface area (Å²) in [5.74, 6) is 2.23. The van der Waals surface area contributed by atoms with E-state index in [0.717, 1.165) is 38.5 Å². The Kier molecular flexibility index (Phi) is 3.58. The van der Waals surface area contributed by atoms with Gasteiger partial charge in [-0.15, -0.1) is 0 Å². The maximum absolute atomic E-state index is 13.3. The molecule has 0 radical (unpaired) electrons. The average molecular weight is 358 g/mol. The Bertz CT molecular complexity index is 637. The molecule has 3 amide bonds. The predicted molar refractivity (Wildman–Crippen MR) is 96.2 cm³/mol. The minimum atomic E-state index is -0.753. The third-order valence-corrected chi connectivity index (χ3v) is 8.43. The summed E-state index contributed by atoms with van der Waals surface area (Å²) in [5.41, 5.74) is -1.000. The molecule has 1 N–H and O–H groups in total. The van der Waals surface area contributed by atoms with E-state index in [1.54, 1.807) is 0 Å². The van der Waals surface area contributed by atoms with Crippen LogP contribution in [0.2, 0.25) is 0 Å². The van der Waals surface area contributed by atoms with Gasteiger partial charge in [-0.25, -0.2) is 4.79 Å². The van der Waals surface area contributed by atoms with E-state index in [2.05, 4.69) is 12.2 Å². The molecular formula is C21H30N2O3. The molecule has 1 heterocycles. The van der Waals surface area contributed by atoms with Crippen LogP contribution >= 0.6 is 0 Å². The monoisotopic (exact) mass is 358 g/mol. The maximum atomic E-state index is 13.3. The predicted octanol–water partition coefficient (Wildman–Crippen LogP) is 3.27. The van der Waals surface area contributed by atoms with Gasteiger partial charge in [-0.05, 0) is 75.0 Å². The molecule has 1 aliphatic heterocycles. The number of amides is 3. The smallest absolute Gasteiger partial charge is 0.323 e. The second kappa shape index (κ2) is 5.56. The molecular weight excluding hydrogens is 328 g/mol. The third kappa shape index (κ3) is 2.24. The highest BCUT2D eigenvalue weighted by molar-refractivity contribution is 6.09.